The Morgan fingerprint density at radius 2 is 1.86 bits per heavy atom. The van der Waals surface area contributed by atoms with Crippen LogP contribution in [0.25, 0.3) is 0 Å². The van der Waals surface area contributed by atoms with Gasteiger partial charge in [-0.15, -0.1) is 0 Å². The van der Waals surface area contributed by atoms with Crippen molar-refractivity contribution in [1.82, 2.24) is 0 Å². The predicted octanol–water partition coefficient (Wildman–Crippen LogP) is 3.61. The fraction of sp³-hybridized carbons (Fsp3) is 0.133. The summed E-state index contributed by atoms with van der Waals surface area (Å²) in [5.41, 5.74) is 0.643. The number of amides is 1. The number of ether oxygens (including phenoxy) is 2. The summed E-state index contributed by atoms with van der Waals surface area (Å²) in [5.74, 6) is 0.430. The number of methoxy groups -OCH3 is 1. The van der Waals surface area contributed by atoms with E-state index in [1.807, 2.05) is 0 Å². The Bertz CT molecular complexity index is 631. The average molecular weight is 354 g/mol. The van der Waals surface area contributed by atoms with Crippen molar-refractivity contribution in [3.63, 3.8) is 0 Å². The van der Waals surface area contributed by atoms with Crippen LogP contribution >= 0.6 is 15.9 Å². The number of hydrogen-bond acceptors (Lipinski definition) is 3. The van der Waals surface area contributed by atoms with Gasteiger partial charge < -0.3 is 14.8 Å². The molecule has 0 atom stereocenters. The van der Waals surface area contributed by atoms with Gasteiger partial charge in [-0.1, -0.05) is 0 Å². The van der Waals surface area contributed by atoms with Crippen LogP contribution in [0.1, 0.15) is 0 Å². The third kappa shape index (κ3) is 4.46. The first kappa shape index (κ1) is 15.3. The molecule has 0 spiro atoms. The van der Waals surface area contributed by atoms with E-state index >= 15 is 0 Å². The zero-order valence-corrected chi connectivity index (χ0v) is 12.8. The standard InChI is InChI=1S/C15H13BrFNO3/c1-20-11-4-2-10(3-5-11)18-15(19)9-21-12-6-7-14(17)13(16)8-12/h2-8H,9H2,1H3,(H,18,19). The zero-order chi connectivity index (χ0) is 15.2. The lowest BCUT2D eigenvalue weighted by Gasteiger charge is -2.08. The van der Waals surface area contributed by atoms with E-state index in [0.717, 1.165) is 0 Å². The third-order valence-corrected chi connectivity index (χ3v) is 3.24. The molecule has 0 bridgehead atoms. The van der Waals surface area contributed by atoms with Crippen molar-refractivity contribution in [2.45, 2.75) is 0 Å². The molecule has 1 amide bonds. The predicted molar refractivity (Wildman–Crippen MR) is 81.2 cm³/mol. The van der Waals surface area contributed by atoms with Crippen molar-refractivity contribution >= 4 is 27.5 Å². The molecule has 0 radical (unpaired) electrons. The van der Waals surface area contributed by atoms with E-state index in [0.29, 0.717) is 17.2 Å². The Kier molecular flexibility index (Phi) is 5.16. The molecule has 1 N–H and O–H groups in total. The summed E-state index contributed by atoms with van der Waals surface area (Å²) >= 11 is 3.05. The molecule has 0 unspecified atom stereocenters. The molecule has 2 aromatic rings. The minimum atomic E-state index is -0.384. The number of hydrogen-bond donors (Lipinski definition) is 1. The maximum Gasteiger partial charge on any atom is 0.262 e. The van der Waals surface area contributed by atoms with Crippen LogP contribution in [-0.2, 0) is 4.79 Å². The van der Waals surface area contributed by atoms with Crippen molar-refractivity contribution < 1.29 is 18.7 Å². The molecular weight excluding hydrogens is 341 g/mol. The van der Waals surface area contributed by atoms with Crippen molar-refractivity contribution in [2.24, 2.45) is 0 Å². The maximum atomic E-state index is 13.1. The molecule has 110 valence electrons. The fourth-order valence-electron chi connectivity index (χ4n) is 1.59. The summed E-state index contributed by atoms with van der Waals surface area (Å²) in [6.07, 6.45) is 0. The molecule has 2 aromatic carbocycles. The van der Waals surface area contributed by atoms with Crippen LogP contribution in [0.4, 0.5) is 10.1 Å². The molecule has 0 aliphatic rings. The molecule has 0 aromatic heterocycles. The number of rotatable bonds is 5. The van der Waals surface area contributed by atoms with Crippen molar-refractivity contribution in [3.05, 3.63) is 52.8 Å². The number of carbonyl (C=O) groups is 1. The van der Waals surface area contributed by atoms with E-state index < -0.39 is 0 Å². The molecule has 21 heavy (non-hydrogen) atoms. The van der Waals surface area contributed by atoms with Crippen LogP contribution in [0.15, 0.2) is 46.9 Å². The number of benzene rings is 2. The SMILES string of the molecule is COc1ccc(NC(=O)COc2ccc(F)c(Br)c2)cc1. The van der Waals surface area contributed by atoms with Crippen LogP contribution in [-0.4, -0.2) is 19.6 Å². The second-order valence-electron chi connectivity index (χ2n) is 4.14. The molecule has 0 aliphatic heterocycles. The minimum Gasteiger partial charge on any atom is -0.497 e. The number of carbonyl (C=O) groups excluding carboxylic acids is 1. The van der Waals surface area contributed by atoms with E-state index in [2.05, 4.69) is 21.2 Å². The first-order chi connectivity index (χ1) is 10.1. The second kappa shape index (κ2) is 7.08. The molecule has 6 heteroatoms. The molecular formula is C15H13BrFNO3. The largest absolute Gasteiger partial charge is 0.497 e. The van der Waals surface area contributed by atoms with Crippen LogP contribution in [0.2, 0.25) is 0 Å². The van der Waals surface area contributed by atoms with E-state index in [-0.39, 0.29) is 22.8 Å². The molecule has 4 nitrogen and oxygen atoms in total. The molecule has 0 heterocycles. The number of nitrogens with one attached hydrogen (secondary N) is 1. The van der Waals surface area contributed by atoms with Gasteiger partial charge in [0.2, 0.25) is 0 Å². The summed E-state index contributed by atoms with van der Waals surface area (Å²) in [4.78, 5) is 11.7. The molecule has 0 fully saturated rings. The van der Waals surface area contributed by atoms with Gasteiger partial charge in [0.1, 0.15) is 17.3 Å². The Balaban J connectivity index is 1.87. The summed E-state index contributed by atoms with van der Waals surface area (Å²) in [6, 6.07) is 11.1. The van der Waals surface area contributed by atoms with Gasteiger partial charge in [0.15, 0.2) is 6.61 Å². The van der Waals surface area contributed by atoms with Crippen LogP contribution < -0.4 is 14.8 Å². The minimum absolute atomic E-state index is 0.163. The van der Waals surface area contributed by atoms with Gasteiger partial charge in [-0.05, 0) is 58.4 Å². The first-order valence-electron chi connectivity index (χ1n) is 6.10. The van der Waals surface area contributed by atoms with Crippen molar-refractivity contribution in [3.8, 4) is 11.5 Å². The monoisotopic (exact) mass is 353 g/mol. The van der Waals surface area contributed by atoms with E-state index in [4.69, 9.17) is 9.47 Å². The van der Waals surface area contributed by atoms with Crippen molar-refractivity contribution in [1.29, 1.82) is 0 Å². The summed E-state index contributed by atoms with van der Waals surface area (Å²) in [7, 11) is 1.57. The Labute approximate surface area is 130 Å². The first-order valence-corrected chi connectivity index (χ1v) is 6.89. The molecule has 0 saturated heterocycles. The Morgan fingerprint density at radius 1 is 1.19 bits per heavy atom. The molecule has 0 aliphatic carbocycles. The molecule has 2 rings (SSSR count). The highest BCUT2D eigenvalue weighted by atomic mass is 79.9. The van der Waals surface area contributed by atoms with Crippen molar-refractivity contribution in [2.75, 3.05) is 19.0 Å². The van der Waals surface area contributed by atoms with Crippen LogP contribution in [0.5, 0.6) is 11.5 Å². The second-order valence-corrected chi connectivity index (χ2v) is 5.00. The summed E-state index contributed by atoms with van der Waals surface area (Å²) in [6.45, 7) is -0.163. The van der Waals surface area contributed by atoms with Gasteiger partial charge in [0.05, 0.1) is 11.6 Å². The summed E-state index contributed by atoms with van der Waals surface area (Å²) < 4.78 is 23.7. The third-order valence-electron chi connectivity index (χ3n) is 2.63. The van der Waals surface area contributed by atoms with Gasteiger partial charge in [-0.25, -0.2) is 4.39 Å². The number of halogens is 2. The van der Waals surface area contributed by atoms with Gasteiger partial charge in [-0.2, -0.15) is 0 Å². The quantitative estimate of drug-likeness (QED) is 0.892. The molecule has 0 saturated carbocycles. The lowest BCUT2D eigenvalue weighted by Crippen LogP contribution is -2.20. The average Bonchev–Trinajstić information content (AvgIpc) is 2.49. The van der Waals surface area contributed by atoms with Gasteiger partial charge in [-0.3, -0.25) is 4.79 Å². The van der Waals surface area contributed by atoms with Gasteiger partial charge in [0.25, 0.3) is 5.91 Å². The van der Waals surface area contributed by atoms with E-state index in [1.165, 1.54) is 18.2 Å². The fourth-order valence-corrected chi connectivity index (χ4v) is 1.94. The van der Waals surface area contributed by atoms with E-state index in [9.17, 15) is 9.18 Å². The lowest BCUT2D eigenvalue weighted by molar-refractivity contribution is -0.118. The van der Waals surface area contributed by atoms with Crippen LogP contribution in [0.3, 0.4) is 0 Å². The normalized spacial score (nSPS) is 10.0. The highest BCUT2D eigenvalue weighted by molar-refractivity contribution is 9.10. The smallest absolute Gasteiger partial charge is 0.262 e. The Morgan fingerprint density at radius 3 is 2.48 bits per heavy atom. The number of anilines is 1. The highest BCUT2D eigenvalue weighted by Crippen LogP contribution is 2.21. The van der Waals surface area contributed by atoms with Gasteiger partial charge >= 0.3 is 0 Å². The topological polar surface area (TPSA) is 47.6 Å². The maximum absolute atomic E-state index is 13.1. The lowest BCUT2D eigenvalue weighted by atomic mass is 10.3. The highest BCUT2D eigenvalue weighted by Gasteiger charge is 2.06. The zero-order valence-electron chi connectivity index (χ0n) is 11.2. The Hall–Kier alpha value is -2.08. The van der Waals surface area contributed by atoms with Gasteiger partial charge in [0, 0.05) is 5.69 Å². The summed E-state index contributed by atoms with van der Waals surface area (Å²) in [5, 5.41) is 2.68. The van der Waals surface area contributed by atoms with Crippen LogP contribution in [0, 0.1) is 5.82 Å². The van der Waals surface area contributed by atoms with E-state index in [1.54, 1.807) is 31.4 Å².